The number of sulfone groups is 1. The number of nitrogens with one attached hydrogen (secondary N) is 1. The predicted molar refractivity (Wildman–Crippen MR) is 87.4 cm³/mol. The largest absolute Gasteiger partial charge is 0.360 e. The van der Waals surface area contributed by atoms with Crippen molar-refractivity contribution in [1.82, 2.24) is 0 Å². The van der Waals surface area contributed by atoms with Crippen LogP contribution in [0, 0.1) is 5.82 Å². The summed E-state index contributed by atoms with van der Waals surface area (Å²) >= 11 is 5.74. The summed E-state index contributed by atoms with van der Waals surface area (Å²) < 4.78 is 37.9. The first kappa shape index (κ1) is 17.2. The van der Waals surface area contributed by atoms with Gasteiger partial charge in [0.15, 0.2) is 5.78 Å². The van der Waals surface area contributed by atoms with Crippen molar-refractivity contribution < 1.29 is 17.6 Å². The van der Waals surface area contributed by atoms with Crippen LogP contribution >= 0.6 is 11.6 Å². The number of carbonyl (C=O) groups excluding carboxylic acids is 1. The van der Waals surface area contributed by atoms with Crippen molar-refractivity contribution in [3.63, 3.8) is 0 Å². The van der Waals surface area contributed by atoms with E-state index in [1.54, 1.807) is 0 Å². The number of hydrogen-bond acceptors (Lipinski definition) is 4. The Labute approximate surface area is 138 Å². The fourth-order valence-corrected chi connectivity index (χ4v) is 3.27. The Morgan fingerprint density at radius 1 is 1.09 bits per heavy atom. The molecule has 0 aliphatic carbocycles. The number of carbonyl (C=O) groups is 1. The van der Waals surface area contributed by atoms with Crippen LogP contribution in [0.4, 0.5) is 10.1 Å². The van der Waals surface area contributed by atoms with Gasteiger partial charge in [-0.25, -0.2) is 12.8 Å². The third kappa shape index (κ3) is 4.18. The van der Waals surface area contributed by atoms with E-state index in [1.807, 2.05) is 0 Å². The van der Waals surface area contributed by atoms with Gasteiger partial charge in [-0.3, -0.25) is 4.79 Å². The summed E-state index contributed by atoms with van der Waals surface area (Å²) in [6.45, 7) is 1.16. The fraction of sp³-hybridized carbons (Fsp3) is 0.0625. The van der Waals surface area contributed by atoms with E-state index >= 15 is 0 Å². The van der Waals surface area contributed by atoms with Crippen LogP contribution < -0.4 is 5.32 Å². The maximum absolute atomic E-state index is 12.9. The molecule has 1 N–H and O–H groups in total. The van der Waals surface area contributed by atoms with Crippen molar-refractivity contribution in [3.8, 4) is 0 Å². The van der Waals surface area contributed by atoms with Gasteiger partial charge in [-0.2, -0.15) is 0 Å². The molecule has 0 fully saturated rings. The number of rotatable bonds is 5. The molecule has 0 aromatic heterocycles. The zero-order chi connectivity index (χ0) is 17.0. The Morgan fingerprint density at radius 2 is 1.65 bits per heavy atom. The van der Waals surface area contributed by atoms with E-state index in [4.69, 9.17) is 11.6 Å². The van der Waals surface area contributed by atoms with Gasteiger partial charge in [0.05, 0.1) is 4.90 Å². The summed E-state index contributed by atoms with van der Waals surface area (Å²) in [4.78, 5) is 11.3. The van der Waals surface area contributed by atoms with Crippen molar-refractivity contribution in [3.05, 3.63) is 70.5 Å². The normalized spacial score (nSPS) is 12.0. The average Bonchev–Trinajstić information content (AvgIpc) is 2.49. The Hall–Kier alpha value is -2.18. The van der Waals surface area contributed by atoms with Crippen molar-refractivity contribution >= 4 is 32.9 Å². The van der Waals surface area contributed by atoms with Crippen molar-refractivity contribution in [2.75, 3.05) is 5.32 Å². The Morgan fingerprint density at radius 3 is 2.17 bits per heavy atom. The molecule has 23 heavy (non-hydrogen) atoms. The molecule has 0 aliphatic rings. The smallest absolute Gasteiger partial charge is 0.211 e. The lowest BCUT2D eigenvalue weighted by Gasteiger charge is -2.08. The van der Waals surface area contributed by atoms with Crippen molar-refractivity contribution in [2.45, 2.75) is 11.8 Å². The lowest BCUT2D eigenvalue weighted by molar-refractivity contribution is -0.113. The van der Waals surface area contributed by atoms with E-state index in [0.717, 1.165) is 13.1 Å². The van der Waals surface area contributed by atoms with Gasteiger partial charge < -0.3 is 5.32 Å². The molecule has 0 radical (unpaired) electrons. The maximum atomic E-state index is 12.9. The SMILES string of the molecule is CC(=O)/C(=C/Nc1ccc(F)cc1)S(=O)(=O)c1ccc(Cl)cc1. The third-order valence-electron chi connectivity index (χ3n) is 2.97. The molecule has 0 atom stereocenters. The number of ketones is 1. The van der Waals surface area contributed by atoms with Crippen LogP contribution in [0.15, 0.2) is 64.5 Å². The van der Waals surface area contributed by atoms with Crippen molar-refractivity contribution in [1.29, 1.82) is 0 Å². The standard InChI is InChI=1S/C16H13ClFNO3S/c1-11(20)16(10-19-14-6-4-13(18)5-7-14)23(21,22)15-8-2-12(17)3-9-15/h2-10,19H,1H3/b16-10-. The molecule has 4 nitrogen and oxygen atoms in total. The lowest BCUT2D eigenvalue weighted by atomic mass is 10.3. The van der Waals surface area contributed by atoms with Crippen LogP contribution in [0.1, 0.15) is 6.92 Å². The summed E-state index contributed by atoms with van der Waals surface area (Å²) in [5, 5.41) is 3.08. The first-order valence-electron chi connectivity index (χ1n) is 6.54. The Kier molecular flexibility index (Phi) is 5.18. The minimum absolute atomic E-state index is 0.0377. The molecule has 7 heteroatoms. The quantitative estimate of drug-likeness (QED) is 0.830. The maximum Gasteiger partial charge on any atom is 0.211 e. The second kappa shape index (κ2) is 6.93. The molecule has 0 bridgehead atoms. The first-order valence-corrected chi connectivity index (χ1v) is 8.40. The Bertz CT molecular complexity index is 844. The molecule has 2 aromatic carbocycles. The van der Waals surface area contributed by atoms with Gasteiger partial charge in [0.2, 0.25) is 9.84 Å². The minimum atomic E-state index is -3.98. The van der Waals surface area contributed by atoms with E-state index in [1.165, 1.54) is 48.5 Å². The van der Waals surface area contributed by atoms with Crippen LogP contribution in [0.3, 0.4) is 0 Å². The molecule has 2 rings (SSSR count). The third-order valence-corrected chi connectivity index (χ3v) is 5.10. The minimum Gasteiger partial charge on any atom is -0.360 e. The van der Waals surface area contributed by atoms with E-state index in [0.29, 0.717) is 10.7 Å². The molecule has 2 aromatic rings. The zero-order valence-electron chi connectivity index (χ0n) is 12.1. The van der Waals surface area contributed by atoms with Gasteiger partial charge >= 0.3 is 0 Å². The number of allylic oxidation sites excluding steroid dienone is 1. The number of Topliss-reactive ketones (excluding diaryl/α,β-unsaturated/α-hetero) is 1. The molecule has 0 amide bonds. The van der Waals surface area contributed by atoms with Gasteiger partial charge in [0.25, 0.3) is 0 Å². The highest BCUT2D eigenvalue weighted by Gasteiger charge is 2.24. The average molecular weight is 354 g/mol. The number of benzene rings is 2. The molecule has 0 saturated heterocycles. The summed E-state index contributed by atoms with van der Waals surface area (Å²) in [6, 6.07) is 10.8. The van der Waals surface area contributed by atoms with Gasteiger partial charge in [0, 0.05) is 16.9 Å². The second-order valence-corrected chi connectivity index (χ2v) is 7.03. The van der Waals surface area contributed by atoms with Crippen LogP contribution in [0.5, 0.6) is 0 Å². The van der Waals surface area contributed by atoms with Gasteiger partial charge in [-0.1, -0.05) is 11.6 Å². The van der Waals surface area contributed by atoms with Gasteiger partial charge in [0.1, 0.15) is 10.7 Å². The molecule has 0 unspecified atom stereocenters. The molecular formula is C16H13ClFNO3S. The monoisotopic (exact) mass is 353 g/mol. The second-order valence-electron chi connectivity index (χ2n) is 4.67. The van der Waals surface area contributed by atoms with Gasteiger partial charge in [-0.05, 0) is 55.5 Å². The molecule has 0 heterocycles. The van der Waals surface area contributed by atoms with Crippen LogP contribution in [-0.4, -0.2) is 14.2 Å². The summed E-state index contributed by atoms with van der Waals surface area (Å²) in [6.07, 6.45) is 1.10. The van der Waals surface area contributed by atoms with E-state index < -0.39 is 26.3 Å². The van der Waals surface area contributed by atoms with Gasteiger partial charge in [-0.15, -0.1) is 0 Å². The van der Waals surface area contributed by atoms with Crippen LogP contribution in [0.25, 0.3) is 0 Å². The topological polar surface area (TPSA) is 63.2 Å². The lowest BCUT2D eigenvalue weighted by Crippen LogP contribution is -2.13. The summed E-state index contributed by atoms with van der Waals surface area (Å²) in [7, 11) is -3.98. The highest BCUT2D eigenvalue weighted by molar-refractivity contribution is 7.96. The molecular weight excluding hydrogens is 341 g/mol. The summed E-state index contributed by atoms with van der Waals surface area (Å²) in [5.74, 6) is -1.03. The highest BCUT2D eigenvalue weighted by Crippen LogP contribution is 2.22. The zero-order valence-corrected chi connectivity index (χ0v) is 13.7. The predicted octanol–water partition coefficient (Wildman–Crippen LogP) is 3.80. The Balaban J connectivity index is 2.37. The van der Waals surface area contributed by atoms with E-state index in [2.05, 4.69) is 5.32 Å². The molecule has 0 aliphatic heterocycles. The number of anilines is 1. The van der Waals surface area contributed by atoms with Crippen molar-refractivity contribution in [2.24, 2.45) is 0 Å². The first-order chi connectivity index (χ1) is 10.8. The van der Waals surface area contributed by atoms with E-state index in [-0.39, 0.29) is 4.90 Å². The van der Waals surface area contributed by atoms with Crippen LogP contribution in [0.2, 0.25) is 5.02 Å². The molecule has 120 valence electrons. The number of halogens is 2. The fourth-order valence-electron chi connectivity index (χ4n) is 1.80. The van der Waals surface area contributed by atoms with E-state index in [9.17, 15) is 17.6 Å². The molecule has 0 spiro atoms. The molecule has 0 saturated carbocycles. The van der Waals surface area contributed by atoms with Crippen LogP contribution in [-0.2, 0) is 14.6 Å². The number of hydrogen-bond donors (Lipinski definition) is 1. The summed E-state index contributed by atoms with van der Waals surface area (Å²) in [5.41, 5.74) is 0.455. The highest BCUT2D eigenvalue weighted by atomic mass is 35.5.